The number of amides is 2. The lowest BCUT2D eigenvalue weighted by Crippen LogP contribution is -2.45. The molecule has 0 saturated heterocycles. The number of nitrogens with zero attached hydrogens (tertiary/aromatic N) is 1. The van der Waals surface area contributed by atoms with Gasteiger partial charge in [0.15, 0.2) is 0 Å². The van der Waals surface area contributed by atoms with Crippen LogP contribution in [-0.4, -0.2) is 72.8 Å². The fourth-order valence-electron chi connectivity index (χ4n) is 8.14. The van der Waals surface area contributed by atoms with E-state index >= 15 is 0 Å². The Balaban J connectivity index is 1.10. The van der Waals surface area contributed by atoms with Crippen molar-refractivity contribution < 1.29 is 48.0 Å². The number of ether oxygens (including phenoxy) is 5. The van der Waals surface area contributed by atoms with Crippen LogP contribution in [0.25, 0.3) is 22.3 Å². The van der Waals surface area contributed by atoms with Crippen LogP contribution < -0.4 is 14.8 Å². The molecule has 316 valence electrons. The van der Waals surface area contributed by atoms with Crippen LogP contribution in [0.2, 0.25) is 0 Å². The Hall–Kier alpha value is -6.82. The van der Waals surface area contributed by atoms with Crippen LogP contribution in [0.1, 0.15) is 79.7 Å². The van der Waals surface area contributed by atoms with Crippen LogP contribution in [0.4, 0.5) is 14.4 Å². The summed E-state index contributed by atoms with van der Waals surface area (Å²) in [5.41, 5.74) is 7.99. The van der Waals surface area contributed by atoms with E-state index in [9.17, 15) is 24.3 Å². The fraction of sp³-hybridized carbons (Fsp3) is 0.306. The Morgan fingerprint density at radius 2 is 1.21 bits per heavy atom. The average molecular weight is 827 g/mol. The normalized spacial score (nSPS) is 13.2. The van der Waals surface area contributed by atoms with Gasteiger partial charge in [-0.15, -0.1) is 0 Å². The summed E-state index contributed by atoms with van der Waals surface area (Å²) >= 11 is 0. The van der Waals surface area contributed by atoms with Crippen molar-refractivity contribution in [3.63, 3.8) is 0 Å². The molecule has 0 saturated carbocycles. The third kappa shape index (κ3) is 9.81. The van der Waals surface area contributed by atoms with E-state index in [-0.39, 0.29) is 50.3 Å². The van der Waals surface area contributed by atoms with Crippen LogP contribution in [0.15, 0.2) is 115 Å². The van der Waals surface area contributed by atoms with Gasteiger partial charge in [-0.2, -0.15) is 0 Å². The summed E-state index contributed by atoms with van der Waals surface area (Å²) < 4.78 is 28.3. The molecule has 2 N–H and O–H groups in total. The highest BCUT2D eigenvalue weighted by molar-refractivity contribution is 5.82. The number of carboxylic acid groups (broad SMARTS) is 1. The number of hydrogen-bond donors (Lipinski definition) is 2. The molecular weight excluding hydrogens is 777 g/mol. The summed E-state index contributed by atoms with van der Waals surface area (Å²) in [5.74, 6) is -1.33. The molecule has 2 aliphatic rings. The lowest BCUT2D eigenvalue weighted by Gasteiger charge is -2.29. The second-order valence-corrected chi connectivity index (χ2v) is 16.1. The average Bonchev–Trinajstić information content (AvgIpc) is 3.74. The number of nitrogens with one attached hydrogen (secondary N) is 1. The zero-order valence-corrected chi connectivity index (χ0v) is 34.7. The standard InChI is InChI=1S/C49H50N2O10/c1-49(2,3)61-46(54)50-26-14-13-23-43(45(52)53)51(47(55)58-29-41-37-19-9-5-15-33(37)34-16-6-10-20-38(34)41)28-31-24-25-32(57-4)27-44(31)60-48(56)59-30-42-39-21-11-7-17-35(39)36-18-8-12-22-40(36)42/h5-12,15-22,24-25,27,41-43H,13-14,23,26,28-30H2,1-4H3,(H,50,54)(H,52,53)/t43-/m0/s1. The van der Waals surface area contributed by atoms with Crippen molar-refractivity contribution in [2.75, 3.05) is 26.9 Å². The van der Waals surface area contributed by atoms with E-state index in [1.54, 1.807) is 32.9 Å². The third-order valence-electron chi connectivity index (χ3n) is 10.9. The molecule has 0 heterocycles. The largest absolute Gasteiger partial charge is 0.513 e. The van der Waals surface area contributed by atoms with E-state index in [0.29, 0.717) is 24.2 Å². The van der Waals surface area contributed by atoms with Crippen molar-refractivity contribution >= 4 is 24.3 Å². The van der Waals surface area contributed by atoms with Crippen LogP contribution in [-0.2, 0) is 25.5 Å². The summed E-state index contributed by atoms with van der Waals surface area (Å²) in [4.78, 5) is 54.2. The quantitative estimate of drug-likeness (QED) is 0.0452. The highest BCUT2D eigenvalue weighted by atomic mass is 16.7. The van der Waals surface area contributed by atoms with Gasteiger partial charge in [0.1, 0.15) is 36.4 Å². The minimum absolute atomic E-state index is 0.0158. The number of carbonyl (C=O) groups is 4. The van der Waals surface area contributed by atoms with Crippen LogP contribution in [0.5, 0.6) is 11.5 Å². The molecule has 2 amide bonds. The van der Waals surface area contributed by atoms with Gasteiger partial charge >= 0.3 is 24.3 Å². The number of carbonyl (C=O) groups excluding carboxylic acids is 3. The van der Waals surface area contributed by atoms with Gasteiger partial charge in [-0.25, -0.2) is 19.2 Å². The van der Waals surface area contributed by atoms with Crippen molar-refractivity contribution in [1.82, 2.24) is 10.2 Å². The van der Waals surface area contributed by atoms with Crippen molar-refractivity contribution in [3.05, 3.63) is 143 Å². The number of aliphatic carboxylic acids is 1. The van der Waals surface area contributed by atoms with Gasteiger partial charge in [-0.1, -0.05) is 97.1 Å². The highest BCUT2D eigenvalue weighted by Crippen LogP contribution is 2.46. The summed E-state index contributed by atoms with van der Waals surface area (Å²) in [5, 5.41) is 13.3. The molecule has 0 aliphatic heterocycles. The SMILES string of the molecule is COc1ccc(CN(C(=O)OCC2c3ccccc3-c3ccccc32)[C@@H](CCCCNC(=O)OC(C)(C)C)C(=O)O)c(OC(=O)OCC2c3ccccc3-c3ccccc32)c1. The minimum Gasteiger partial charge on any atom is -0.497 e. The topological polar surface area (TPSA) is 150 Å². The number of rotatable bonds is 15. The molecule has 0 bridgehead atoms. The van der Waals surface area contributed by atoms with Gasteiger partial charge in [0.25, 0.3) is 0 Å². The van der Waals surface area contributed by atoms with Gasteiger partial charge in [-0.05, 0) is 96.7 Å². The first-order valence-corrected chi connectivity index (χ1v) is 20.4. The summed E-state index contributed by atoms with van der Waals surface area (Å²) in [6, 6.07) is 35.2. The van der Waals surface area contributed by atoms with Crippen molar-refractivity contribution in [2.24, 2.45) is 0 Å². The Morgan fingerprint density at radius 3 is 1.70 bits per heavy atom. The monoisotopic (exact) mass is 826 g/mol. The number of carboxylic acids is 1. The number of alkyl carbamates (subject to hydrolysis) is 1. The van der Waals surface area contributed by atoms with Gasteiger partial charge in [0.05, 0.1) is 13.7 Å². The highest BCUT2D eigenvalue weighted by Gasteiger charge is 2.35. The maximum atomic E-state index is 14.3. The maximum absolute atomic E-state index is 14.3. The first-order valence-electron chi connectivity index (χ1n) is 20.4. The van der Waals surface area contributed by atoms with E-state index < -0.39 is 36.0 Å². The van der Waals surface area contributed by atoms with Crippen molar-refractivity contribution in [1.29, 1.82) is 0 Å². The van der Waals surface area contributed by atoms with E-state index in [0.717, 1.165) is 49.4 Å². The molecule has 2 aliphatic carbocycles. The molecule has 5 aromatic carbocycles. The zero-order valence-electron chi connectivity index (χ0n) is 34.7. The Kier molecular flexibility index (Phi) is 12.9. The number of fused-ring (bicyclic) bond motifs is 6. The van der Waals surface area contributed by atoms with E-state index in [1.165, 1.54) is 13.2 Å². The maximum Gasteiger partial charge on any atom is 0.513 e. The van der Waals surface area contributed by atoms with E-state index in [4.69, 9.17) is 23.7 Å². The predicted molar refractivity (Wildman–Crippen MR) is 229 cm³/mol. The molecule has 5 aromatic rings. The fourth-order valence-corrected chi connectivity index (χ4v) is 8.14. The predicted octanol–water partition coefficient (Wildman–Crippen LogP) is 9.92. The summed E-state index contributed by atoms with van der Waals surface area (Å²) in [6.45, 7) is 5.21. The molecule has 0 aromatic heterocycles. The number of unbranched alkanes of at least 4 members (excludes halogenated alkanes) is 1. The second kappa shape index (κ2) is 18.6. The number of hydrogen-bond acceptors (Lipinski definition) is 9. The molecule has 0 fully saturated rings. The van der Waals surface area contributed by atoms with E-state index in [2.05, 4.69) is 5.32 Å². The smallest absolute Gasteiger partial charge is 0.497 e. The van der Waals surface area contributed by atoms with Crippen LogP contribution in [0.3, 0.4) is 0 Å². The van der Waals surface area contributed by atoms with Gasteiger partial charge in [-0.3, -0.25) is 4.90 Å². The Labute approximate surface area is 355 Å². The molecule has 0 spiro atoms. The lowest BCUT2D eigenvalue weighted by molar-refractivity contribution is -0.143. The molecule has 1 atom stereocenters. The molecule has 61 heavy (non-hydrogen) atoms. The third-order valence-corrected chi connectivity index (χ3v) is 10.9. The van der Waals surface area contributed by atoms with Crippen LogP contribution in [0, 0.1) is 0 Å². The molecule has 12 nitrogen and oxygen atoms in total. The number of benzene rings is 5. The zero-order chi connectivity index (χ0) is 43.1. The summed E-state index contributed by atoms with van der Waals surface area (Å²) in [7, 11) is 1.47. The van der Waals surface area contributed by atoms with Gasteiger partial charge in [0, 0.05) is 30.0 Å². The lowest BCUT2D eigenvalue weighted by atomic mass is 9.98. The molecule has 0 unspecified atom stereocenters. The molecule has 0 radical (unpaired) electrons. The second-order valence-electron chi connectivity index (χ2n) is 16.1. The van der Waals surface area contributed by atoms with Gasteiger partial charge in [0.2, 0.25) is 0 Å². The minimum atomic E-state index is -1.35. The first kappa shape index (κ1) is 42.3. The Bertz CT molecular complexity index is 2310. The van der Waals surface area contributed by atoms with Crippen molar-refractivity contribution in [3.8, 4) is 33.8 Å². The first-order chi connectivity index (χ1) is 29.4. The Morgan fingerprint density at radius 1 is 0.705 bits per heavy atom. The van der Waals surface area contributed by atoms with E-state index in [1.807, 2.05) is 97.1 Å². The molecular formula is C49H50N2O10. The molecule has 12 heteroatoms. The summed E-state index contributed by atoms with van der Waals surface area (Å²) in [6.07, 6.45) is -1.62. The van der Waals surface area contributed by atoms with Crippen molar-refractivity contribution in [2.45, 2.75) is 70.1 Å². The van der Waals surface area contributed by atoms with Gasteiger partial charge < -0.3 is 34.1 Å². The number of methoxy groups -OCH3 is 1. The van der Waals surface area contributed by atoms with Crippen LogP contribution >= 0.6 is 0 Å². The molecule has 7 rings (SSSR count).